The molecule has 0 radical (unpaired) electrons. The highest BCUT2D eigenvalue weighted by Gasteiger charge is 2.11. The van der Waals surface area contributed by atoms with Crippen molar-refractivity contribution in [2.75, 3.05) is 7.05 Å². The van der Waals surface area contributed by atoms with Gasteiger partial charge in [0.15, 0.2) is 0 Å². The second-order valence-electron chi connectivity index (χ2n) is 4.82. The maximum atomic E-state index is 12.0. The summed E-state index contributed by atoms with van der Waals surface area (Å²) in [5.41, 5.74) is 1.08. The molecule has 0 spiro atoms. The first-order valence-corrected chi connectivity index (χ1v) is 6.43. The van der Waals surface area contributed by atoms with Crippen molar-refractivity contribution in [2.24, 2.45) is 7.05 Å². The quantitative estimate of drug-likeness (QED) is 0.829. The summed E-state index contributed by atoms with van der Waals surface area (Å²) in [4.78, 5) is 24.3. The maximum absolute atomic E-state index is 12.0. The molecule has 0 fully saturated rings. The predicted octanol–water partition coefficient (Wildman–Crippen LogP) is 0.363. The number of carboxylic acid groups (broad SMARTS) is 1. The number of aromatic carboxylic acids is 1. The average molecular weight is 291 g/mol. The molecule has 2 aromatic heterocycles. The molecule has 0 saturated heterocycles. The van der Waals surface area contributed by atoms with Crippen molar-refractivity contribution in [1.29, 1.82) is 0 Å². The molecule has 0 atom stereocenters. The van der Waals surface area contributed by atoms with Crippen molar-refractivity contribution in [3.8, 4) is 0 Å². The summed E-state index contributed by atoms with van der Waals surface area (Å²) in [5, 5.41) is 16.8. The molecule has 112 valence electrons. The number of aryl methyl sites for hydroxylation is 2. The SMILES string of the molecule is CN(Cc1cnn(C)c1)C(=O)CCn1cc(C(=O)O)cn1. The van der Waals surface area contributed by atoms with Gasteiger partial charge in [-0.25, -0.2) is 4.79 Å². The van der Waals surface area contributed by atoms with Gasteiger partial charge in [0.2, 0.25) is 5.91 Å². The number of carbonyl (C=O) groups excluding carboxylic acids is 1. The first kappa shape index (κ1) is 14.8. The fourth-order valence-corrected chi connectivity index (χ4v) is 1.91. The molecule has 21 heavy (non-hydrogen) atoms. The molecule has 0 saturated carbocycles. The average Bonchev–Trinajstić information content (AvgIpc) is 3.05. The summed E-state index contributed by atoms with van der Waals surface area (Å²) >= 11 is 0. The highest BCUT2D eigenvalue weighted by atomic mass is 16.4. The summed E-state index contributed by atoms with van der Waals surface area (Å²) in [6.07, 6.45) is 6.52. The lowest BCUT2D eigenvalue weighted by molar-refractivity contribution is -0.130. The van der Waals surface area contributed by atoms with Crippen LogP contribution < -0.4 is 0 Å². The van der Waals surface area contributed by atoms with Crippen molar-refractivity contribution in [2.45, 2.75) is 19.5 Å². The van der Waals surface area contributed by atoms with Crippen LogP contribution in [0.4, 0.5) is 0 Å². The van der Waals surface area contributed by atoms with Crippen molar-refractivity contribution >= 4 is 11.9 Å². The summed E-state index contributed by atoms with van der Waals surface area (Å²) in [7, 11) is 3.55. The summed E-state index contributed by atoms with van der Waals surface area (Å²) in [6.45, 7) is 0.843. The monoisotopic (exact) mass is 291 g/mol. The van der Waals surface area contributed by atoms with E-state index in [-0.39, 0.29) is 17.9 Å². The van der Waals surface area contributed by atoms with Gasteiger partial charge in [-0.1, -0.05) is 0 Å². The van der Waals surface area contributed by atoms with Crippen LogP contribution >= 0.6 is 0 Å². The predicted molar refractivity (Wildman–Crippen MR) is 73.5 cm³/mol. The van der Waals surface area contributed by atoms with Crippen molar-refractivity contribution < 1.29 is 14.7 Å². The molecule has 8 nitrogen and oxygen atoms in total. The van der Waals surface area contributed by atoms with E-state index in [1.807, 2.05) is 13.2 Å². The first-order valence-electron chi connectivity index (χ1n) is 6.43. The van der Waals surface area contributed by atoms with Crippen molar-refractivity contribution in [3.05, 3.63) is 35.9 Å². The van der Waals surface area contributed by atoms with E-state index in [0.29, 0.717) is 13.1 Å². The lowest BCUT2D eigenvalue weighted by Gasteiger charge is -2.16. The molecular weight excluding hydrogens is 274 g/mol. The summed E-state index contributed by atoms with van der Waals surface area (Å²) in [5.74, 6) is -1.06. The van der Waals surface area contributed by atoms with Gasteiger partial charge in [0.1, 0.15) is 0 Å². The van der Waals surface area contributed by atoms with Gasteiger partial charge in [-0.2, -0.15) is 10.2 Å². The second-order valence-corrected chi connectivity index (χ2v) is 4.82. The third kappa shape index (κ3) is 3.91. The fourth-order valence-electron chi connectivity index (χ4n) is 1.91. The van der Waals surface area contributed by atoms with Crippen LogP contribution in [0.3, 0.4) is 0 Å². The number of hydrogen-bond donors (Lipinski definition) is 1. The molecule has 0 aliphatic carbocycles. The third-order valence-corrected chi connectivity index (χ3v) is 3.04. The zero-order chi connectivity index (χ0) is 15.4. The van der Waals surface area contributed by atoms with Gasteiger partial charge in [0.25, 0.3) is 0 Å². The Labute approximate surface area is 121 Å². The van der Waals surface area contributed by atoms with E-state index < -0.39 is 5.97 Å². The number of nitrogens with zero attached hydrogens (tertiary/aromatic N) is 5. The highest BCUT2D eigenvalue weighted by molar-refractivity contribution is 5.86. The molecule has 0 bridgehead atoms. The van der Waals surface area contributed by atoms with E-state index >= 15 is 0 Å². The van der Waals surface area contributed by atoms with E-state index in [1.165, 1.54) is 17.1 Å². The van der Waals surface area contributed by atoms with Crippen LogP contribution in [0.25, 0.3) is 0 Å². The van der Waals surface area contributed by atoms with Gasteiger partial charge in [-0.05, 0) is 0 Å². The normalized spacial score (nSPS) is 10.6. The Hall–Kier alpha value is -2.64. The molecule has 0 unspecified atom stereocenters. The Bertz CT molecular complexity index is 646. The number of amides is 1. The molecule has 2 aromatic rings. The molecule has 8 heteroatoms. The van der Waals surface area contributed by atoms with Crippen LogP contribution in [0.5, 0.6) is 0 Å². The molecule has 0 aliphatic heterocycles. The van der Waals surface area contributed by atoms with E-state index in [4.69, 9.17) is 5.11 Å². The minimum Gasteiger partial charge on any atom is -0.478 e. The van der Waals surface area contributed by atoms with Gasteiger partial charge >= 0.3 is 5.97 Å². The highest BCUT2D eigenvalue weighted by Crippen LogP contribution is 2.04. The van der Waals surface area contributed by atoms with E-state index in [2.05, 4.69) is 10.2 Å². The van der Waals surface area contributed by atoms with E-state index in [0.717, 1.165) is 5.56 Å². The third-order valence-electron chi connectivity index (χ3n) is 3.04. The van der Waals surface area contributed by atoms with Gasteiger partial charge in [0.05, 0.1) is 18.0 Å². The zero-order valence-electron chi connectivity index (χ0n) is 11.9. The molecular formula is C13H17N5O3. The lowest BCUT2D eigenvalue weighted by Crippen LogP contribution is -2.27. The number of hydrogen-bond acceptors (Lipinski definition) is 4. The molecule has 2 heterocycles. The largest absolute Gasteiger partial charge is 0.478 e. The Morgan fingerprint density at radius 2 is 2.05 bits per heavy atom. The number of rotatable bonds is 6. The van der Waals surface area contributed by atoms with Gasteiger partial charge in [0, 0.05) is 51.6 Å². The summed E-state index contributed by atoms with van der Waals surface area (Å²) < 4.78 is 3.14. The topological polar surface area (TPSA) is 93.2 Å². The molecule has 1 N–H and O–H groups in total. The first-order chi connectivity index (χ1) is 9.95. The Morgan fingerprint density at radius 1 is 1.29 bits per heavy atom. The lowest BCUT2D eigenvalue weighted by atomic mass is 10.3. The number of carboxylic acids is 1. The summed E-state index contributed by atoms with van der Waals surface area (Å²) in [6, 6.07) is 0. The van der Waals surface area contributed by atoms with Crippen molar-refractivity contribution in [3.63, 3.8) is 0 Å². The van der Waals surface area contributed by atoms with Crippen LogP contribution in [0, 0.1) is 0 Å². The standard InChI is InChI=1S/C13H17N5O3/c1-16(7-10-5-14-17(2)8-10)12(19)3-4-18-9-11(6-15-18)13(20)21/h5-6,8-9H,3-4,7H2,1-2H3,(H,20,21). The van der Waals surface area contributed by atoms with Crippen LogP contribution in [-0.4, -0.2) is 48.5 Å². The van der Waals surface area contributed by atoms with Crippen LogP contribution in [0.15, 0.2) is 24.8 Å². The smallest absolute Gasteiger partial charge is 0.338 e. The van der Waals surface area contributed by atoms with Crippen LogP contribution in [-0.2, 0) is 24.9 Å². The Morgan fingerprint density at radius 3 is 2.62 bits per heavy atom. The van der Waals surface area contributed by atoms with Gasteiger partial charge in [-0.15, -0.1) is 0 Å². The number of carbonyl (C=O) groups is 2. The van der Waals surface area contributed by atoms with E-state index in [1.54, 1.807) is 22.8 Å². The zero-order valence-corrected chi connectivity index (χ0v) is 11.9. The Kier molecular flexibility index (Phi) is 4.36. The van der Waals surface area contributed by atoms with Gasteiger partial charge < -0.3 is 10.0 Å². The minimum absolute atomic E-state index is 0.0359. The van der Waals surface area contributed by atoms with Gasteiger partial charge in [-0.3, -0.25) is 14.2 Å². The van der Waals surface area contributed by atoms with E-state index in [9.17, 15) is 9.59 Å². The minimum atomic E-state index is -1.03. The molecule has 0 aromatic carbocycles. The number of aromatic nitrogens is 4. The fraction of sp³-hybridized carbons (Fsp3) is 0.385. The van der Waals surface area contributed by atoms with Crippen LogP contribution in [0.2, 0.25) is 0 Å². The molecule has 0 aliphatic rings. The maximum Gasteiger partial charge on any atom is 0.338 e. The molecule has 1 amide bonds. The van der Waals surface area contributed by atoms with Crippen LogP contribution in [0.1, 0.15) is 22.3 Å². The second kappa shape index (κ2) is 6.21. The van der Waals surface area contributed by atoms with Crippen molar-refractivity contribution in [1.82, 2.24) is 24.5 Å². The Balaban J connectivity index is 1.84. The molecule has 2 rings (SSSR count).